The number of carbonyl (C=O) groups excluding carboxylic acids is 1. The molecule has 0 aliphatic heterocycles. The Morgan fingerprint density at radius 2 is 2.00 bits per heavy atom. The second-order valence-electron chi connectivity index (χ2n) is 7.01. The molecular formula is C17H25FN2O2. The van der Waals surface area contributed by atoms with Gasteiger partial charge in [0.05, 0.1) is 0 Å². The van der Waals surface area contributed by atoms with Gasteiger partial charge in [0.15, 0.2) is 0 Å². The summed E-state index contributed by atoms with van der Waals surface area (Å²) in [7, 11) is 0. The highest BCUT2D eigenvalue weighted by atomic mass is 19.1. The van der Waals surface area contributed by atoms with Gasteiger partial charge >= 0.3 is 6.09 Å². The molecule has 0 bridgehead atoms. The number of rotatable bonds is 3. The molecule has 1 aromatic carbocycles. The summed E-state index contributed by atoms with van der Waals surface area (Å²) in [5.41, 5.74) is 6.10. The Labute approximate surface area is 131 Å². The highest BCUT2D eigenvalue weighted by molar-refractivity contribution is 5.84. The van der Waals surface area contributed by atoms with Crippen LogP contribution in [-0.2, 0) is 10.2 Å². The zero-order valence-electron chi connectivity index (χ0n) is 13.5. The van der Waals surface area contributed by atoms with E-state index in [-0.39, 0.29) is 11.2 Å². The maximum atomic E-state index is 14.5. The van der Waals surface area contributed by atoms with Gasteiger partial charge in [0.25, 0.3) is 0 Å². The number of ether oxygens (including phenoxy) is 1. The van der Waals surface area contributed by atoms with Gasteiger partial charge in [-0.15, -0.1) is 0 Å². The predicted octanol–water partition coefficient (Wildman–Crippen LogP) is 3.94. The lowest BCUT2D eigenvalue weighted by Crippen LogP contribution is -2.33. The van der Waals surface area contributed by atoms with Crippen molar-refractivity contribution in [2.24, 2.45) is 5.73 Å². The topological polar surface area (TPSA) is 64.3 Å². The fourth-order valence-electron chi connectivity index (χ4n) is 3.08. The smallest absolute Gasteiger partial charge is 0.412 e. The van der Waals surface area contributed by atoms with E-state index in [0.717, 1.165) is 25.7 Å². The summed E-state index contributed by atoms with van der Waals surface area (Å²) < 4.78 is 19.6. The number of hydrogen-bond donors (Lipinski definition) is 2. The zero-order chi connectivity index (χ0) is 16.4. The lowest BCUT2D eigenvalue weighted by Gasteiger charge is -2.28. The Morgan fingerprint density at radius 3 is 2.50 bits per heavy atom. The summed E-state index contributed by atoms with van der Waals surface area (Å²) in [5.74, 6) is -0.319. The molecule has 4 nitrogen and oxygen atoms in total. The normalized spacial score (nSPS) is 17.3. The number of nitrogens with two attached hydrogens (primary N) is 1. The first-order chi connectivity index (χ1) is 10.3. The van der Waals surface area contributed by atoms with Crippen molar-refractivity contribution in [3.63, 3.8) is 0 Å². The number of anilines is 1. The fourth-order valence-corrected chi connectivity index (χ4v) is 3.08. The van der Waals surface area contributed by atoms with Gasteiger partial charge in [-0.05, 0) is 51.3 Å². The van der Waals surface area contributed by atoms with E-state index in [2.05, 4.69) is 5.32 Å². The Bertz CT molecular complexity index is 546. The molecule has 5 heteroatoms. The van der Waals surface area contributed by atoms with E-state index in [0.29, 0.717) is 17.8 Å². The lowest BCUT2D eigenvalue weighted by molar-refractivity contribution is 0.0636. The van der Waals surface area contributed by atoms with Crippen LogP contribution in [-0.4, -0.2) is 18.2 Å². The monoisotopic (exact) mass is 308 g/mol. The second-order valence-corrected chi connectivity index (χ2v) is 7.01. The Balaban J connectivity index is 2.15. The predicted molar refractivity (Wildman–Crippen MR) is 85.5 cm³/mol. The molecule has 0 heterocycles. The maximum Gasteiger partial charge on any atom is 0.412 e. The molecule has 2 rings (SSSR count). The molecule has 1 amide bonds. The van der Waals surface area contributed by atoms with E-state index in [4.69, 9.17) is 10.5 Å². The van der Waals surface area contributed by atoms with Gasteiger partial charge < -0.3 is 10.5 Å². The number of hydrogen-bond acceptors (Lipinski definition) is 3. The molecule has 0 atom stereocenters. The largest absolute Gasteiger partial charge is 0.444 e. The van der Waals surface area contributed by atoms with Gasteiger partial charge in [0.2, 0.25) is 0 Å². The van der Waals surface area contributed by atoms with Gasteiger partial charge in [0.1, 0.15) is 11.4 Å². The Kier molecular flexibility index (Phi) is 4.75. The molecule has 0 saturated heterocycles. The average molecular weight is 308 g/mol. The van der Waals surface area contributed by atoms with E-state index in [1.165, 1.54) is 6.07 Å². The minimum absolute atomic E-state index is 0.255. The molecule has 1 saturated carbocycles. The van der Waals surface area contributed by atoms with Crippen LogP contribution in [0.2, 0.25) is 0 Å². The van der Waals surface area contributed by atoms with Crippen molar-refractivity contribution in [1.29, 1.82) is 0 Å². The molecule has 3 N–H and O–H groups in total. The van der Waals surface area contributed by atoms with E-state index < -0.39 is 11.7 Å². The van der Waals surface area contributed by atoms with Crippen LogP contribution < -0.4 is 11.1 Å². The zero-order valence-corrected chi connectivity index (χ0v) is 13.5. The first-order valence-electron chi connectivity index (χ1n) is 7.76. The van der Waals surface area contributed by atoms with Crippen molar-refractivity contribution in [3.8, 4) is 0 Å². The first-order valence-corrected chi connectivity index (χ1v) is 7.76. The van der Waals surface area contributed by atoms with Crippen molar-refractivity contribution in [3.05, 3.63) is 29.6 Å². The minimum atomic E-state index is -0.589. The van der Waals surface area contributed by atoms with Gasteiger partial charge in [-0.25, -0.2) is 9.18 Å². The molecule has 1 aromatic rings. The van der Waals surface area contributed by atoms with Crippen LogP contribution >= 0.6 is 0 Å². The summed E-state index contributed by atoms with van der Waals surface area (Å²) in [5, 5.41) is 2.56. The molecule has 0 aromatic heterocycles. The standard InChI is InChI=1S/C17H25FN2O2/c1-16(2,3)22-15(21)20-12-6-7-13(14(18)10-12)17(11-19)8-4-5-9-17/h6-7,10H,4-5,8-9,11,19H2,1-3H3,(H,20,21). The maximum absolute atomic E-state index is 14.5. The third kappa shape index (κ3) is 3.77. The van der Waals surface area contributed by atoms with Crippen molar-refractivity contribution in [2.45, 2.75) is 57.5 Å². The lowest BCUT2D eigenvalue weighted by atomic mass is 9.78. The van der Waals surface area contributed by atoms with Crippen LogP contribution in [0.15, 0.2) is 18.2 Å². The summed E-state index contributed by atoms with van der Waals surface area (Å²) in [4.78, 5) is 11.7. The van der Waals surface area contributed by atoms with E-state index >= 15 is 0 Å². The van der Waals surface area contributed by atoms with Gasteiger partial charge in [0, 0.05) is 17.6 Å². The first kappa shape index (κ1) is 16.7. The molecule has 122 valence electrons. The molecule has 1 aliphatic rings. The average Bonchev–Trinajstić information content (AvgIpc) is 2.86. The molecule has 0 spiro atoms. The Morgan fingerprint density at radius 1 is 1.36 bits per heavy atom. The van der Waals surface area contributed by atoms with Gasteiger partial charge in [-0.2, -0.15) is 0 Å². The van der Waals surface area contributed by atoms with Crippen molar-refractivity contribution >= 4 is 11.8 Å². The van der Waals surface area contributed by atoms with Crippen molar-refractivity contribution in [1.82, 2.24) is 0 Å². The number of halogens is 1. The van der Waals surface area contributed by atoms with Gasteiger partial charge in [-0.1, -0.05) is 18.9 Å². The highest BCUT2D eigenvalue weighted by Gasteiger charge is 2.36. The molecule has 0 radical (unpaired) electrons. The Hall–Kier alpha value is -1.62. The molecule has 1 aliphatic carbocycles. The van der Waals surface area contributed by atoms with Crippen LogP contribution in [0.3, 0.4) is 0 Å². The highest BCUT2D eigenvalue weighted by Crippen LogP contribution is 2.41. The summed E-state index contributed by atoms with van der Waals surface area (Å²) in [6.45, 7) is 5.78. The van der Waals surface area contributed by atoms with E-state index in [9.17, 15) is 9.18 Å². The number of amides is 1. The fraction of sp³-hybridized carbons (Fsp3) is 0.588. The quantitative estimate of drug-likeness (QED) is 0.889. The minimum Gasteiger partial charge on any atom is -0.444 e. The second kappa shape index (κ2) is 6.24. The van der Waals surface area contributed by atoms with Gasteiger partial charge in [-0.3, -0.25) is 5.32 Å². The van der Waals surface area contributed by atoms with Crippen LogP contribution in [0.1, 0.15) is 52.0 Å². The van der Waals surface area contributed by atoms with Crippen molar-refractivity contribution < 1.29 is 13.9 Å². The van der Waals surface area contributed by atoms with Crippen LogP contribution in [0, 0.1) is 5.82 Å². The van der Waals surface area contributed by atoms with Crippen LogP contribution in [0.5, 0.6) is 0 Å². The number of nitrogens with one attached hydrogen (secondary N) is 1. The molecule has 1 fully saturated rings. The van der Waals surface area contributed by atoms with E-state index in [1.807, 2.05) is 0 Å². The molecule has 22 heavy (non-hydrogen) atoms. The molecule has 0 unspecified atom stereocenters. The van der Waals surface area contributed by atoms with Crippen LogP contribution in [0.25, 0.3) is 0 Å². The van der Waals surface area contributed by atoms with Crippen LogP contribution in [0.4, 0.5) is 14.9 Å². The third-order valence-electron chi connectivity index (χ3n) is 4.14. The SMILES string of the molecule is CC(C)(C)OC(=O)Nc1ccc(C2(CN)CCCC2)c(F)c1. The third-order valence-corrected chi connectivity index (χ3v) is 4.14. The number of carbonyl (C=O) groups is 1. The summed E-state index contributed by atoms with van der Waals surface area (Å²) in [6.07, 6.45) is 3.40. The number of benzene rings is 1. The molecular weight excluding hydrogens is 283 g/mol. The van der Waals surface area contributed by atoms with E-state index in [1.54, 1.807) is 32.9 Å². The van der Waals surface area contributed by atoms with Crippen molar-refractivity contribution in [2.75, 3.05) is 11.9 Å². The summed E-state index contributed by atoms with van der Waals surface area (Å²) >= 11 is 0. The summed E-state index contributed by atoms with van der Waals surface area (Å²) in [6, 6.07) is 4.78.